The van der Waals surface area contributed by atoms with Crippen LogP contribution in [0, 0.1) is 0 Å². The number of methoxy groups -OCH3 is 1. The molecule has 0 aliphatic heterocycles. The lowest BCUT2D eigenvalue weighted by atomic mass is 9.89. The highest BCUT2D eigenvalue weighted by Crippen LogP contribution is 2.22. The van der Waals surface area contributed by atoms with E-state index in [9.17, 15) is 0 Å². The van der Waals surface area contributed by atoms with Crippen LogP contribution in [-0.2, 0) is 17.7 Å². The highest BCUT2D eigenvalue weighted by molar-refractivity contribution is 5.27. The van der Waals surface area contributed by atoms with Crippen LogP contribution in [0.1, 0.15) is 24.0 Å². The van der Waals surface area contributed by atoms with Gasteiger partial charge in [-0.05, 0) is 36.9 Å². The molecule has 1 aromatic rings. The Kier molecular flexibility index (Phi) is 4.54. The maximum absolute atomic E-state index is 5.72. The molecule has 3 heteroatoms. The number of ether oxygens (including phenoxy) is 1. The molecule has 17 heavy (non-hydrogen) atoms. The fourth-order valence-electron chi connectivity index (χ4n) is 2.34. The molecular formula is C14H22N2O. The van der Waals surface area contributed by atoms with Crippen LogP contribution in [0.25, 0.3) is 0 Å². The molecule has 1 fully saturated rings. The predicted octanol–water partition coefficient (Wildman–Crippen LogP) is 1.45. The number of nitrogens with one attached hydrogen (secondary N) is 1. The van der Waals surface area contributed by atoms with Gasteiger partial charge in [-0.25, -0.2) is 0 Å². The lowest BCUT2D eigenvalue weighted by Crippen LogP contribution is -2.45. The molecule has 1 aliphatic carbocycles. The van der Waals surface area contributed by atoms with Gasteiger partial charge < -0.3 is 15.8 Å². The Balaban J connectivity index is 1.71. The molecule has 3 N–H and O–H groups in total. The van der Waals surface area contributed by atoms with Gasteiger partial charge >= 0.3 is 0 Å². The maximum Gasteiger partial charge on any atom is 0.0601 e. The van der Waals surface area contributed by atoms with Crippen molar-refractivity contribution in [2.24, 2.45) is 5.73 Å². The molecule has 0 unspecified atom stereocenters. The van der Waals surface area contributed by atoms with Crippen molar-refractivity contribution in [3.63, 3.8) is 0 Å². The zero-order valence-electron chi connectivity index (χ0n) is 10.5. The summed E-state index contributed by atoms with van der Waals surface area (Å²) in [5.41, 5.74) is 8.35. The molecule has 94 valence electrons. The highest BCUT2D eigenvalue weighted by Gasteiger charge is 2.27. The summed E-state index contributed by atoms with van der Waals surface area (Å²) in [6.07, 6.45) is 3.83. The Labute approximate surface area is 103 Å². The van der Waals surface area contributed by atoms with E-state index in [1.807, 2.05) is 6.07 Å². The Hall–Kier alpha value is -0.900. The summed E-state index contributed by atoms with van der Waals surface area (Å²) in [5.74, 6) is 0. The molecule has 0 bridgehead atoms. The first kappa shape index (κ1) is 12.6. The first-order valence-electron chi connectivity index (χ1n) is 6.36. The van der Waals surface area contributed by atoms with Gasteiger partial charge in [0.1, 0.15) is 0 Å². The largest absolute Gasteiger partial charge is 0.381 e. The van der Waals surface area contributed by atoms with Crippen LogP contribution in [-0.4, -0.2) is 25.8 Å². The zero-order valence-corrected chi connectivity index (χ0v) is 10.5. The normalized spacial score (nSPS) is 23.4. The van der Waals surface area contributed by atoms with E-state index in [-0.39, 0.29) is 0 Å². The molecule has 0 aromatic heterocycles. The molecule has 1 aromatic carbocycles. The molecular weight excluding hydrogens is 212 g/mol. The van der Waals surface area contributed by atoms with E-state index in [4.69, 9.17) is 10.5 Å². The van der Waals surface area contributed by atoms with Gasteiger partial charge in [-0.1, -0.05) is 24.3 Å². The van der Waals surface area contributed by atoms with Crippen LogP contribution in [0.15, 0.2) is 24.3 Å². The van der Waals surface area contributed by atoms with E-state index in [0.717, 1.165) is 25.8 Å². The van der Waals surface area contributed by atoms with Gasteiger partial charge in [-0.15, -0.1) is 0 Å². The van der Waals surface area contributed by atoms with Gasteiger partial charge in [0.2, 0.25) is 0 Å². The minimum Gasteiger partial charge on any atom is -0.381 e. The van der Waals surface area contributed by atoms with Crippen molar-refractivity contribution in [3.05, 3.63) is 35.4 Å². The molecule has 0 spiro atoms. The topological polar surface area (TPSA) is 47.3 Å². The second-order valence-electron chi connectivity index (χ2n) is 4.70. The summed E-state index contributed by atoms with van der Waals surface area (Å²) >= 11 is 0. The van der Waals surface area contributed by atoms with E-state index in [0.29, 0.717) is 18.7 Å². The quantitative estimate of drug-likeness (QED) is 0.783. The standard InChI is InChI=1S/C14H22N2O/c1-17-14-8-13(9-14)16-7-6-11-4-2-3-5-12(11)10-15/h2-5,13-14,16H,6-10,15H2,1H3. The van der Waals surface area contributed by atoms with Crippen molar-refractivity contribution < 1.29 is 4.74 Å². The van der Waals surface area contributed by atoms with Crippen LogP contribution in [0.4, 0.5) is 0 Å². The zero-order chi connectivity index (χ0) is 12.1. The van der Waals surface area contributed by atoms with E-state index < -0.39 is 0 Å². The van der Waals surface area contributed by atoms with Crippen LogP contribution >= 0.6 is 0 Å². The third kappa shape index (κ3) is 3.28. The molecule has 3 nitrogen and oxygen atoms in total. The molecule has 0 heterocycles. The third-order valence-electron chi connectivity index (χ3n) is 3.59. The maximum atomic E-state index is 5.72. The van der Waals surface area contributed by atoms with Crippen molar-refractivity contribution >= 4 is 0 Å². The first-order valence-corrected chi connectivity index (χ1v) is 6.36. The van der Waals surface area contributed by atoms with Gasteiger partial charge in [-0.2, -0.15) is 0 Å². The van der Waals surface area contributed by atoms with Gasteiger partial charge in [0.05, 0.1) is 6.10 Å². The summed E-state index contributed by atoms with van der Waals surface area (Å²) in [7, 11) is 1.79. The van der Waals surface area contributed by atoms with Crippen LogP contribution < -0.4 is 11.1 Å². The Morgan fingerprint density at radius 2 is 2.00 bits per heavy atom. The number of hydrogen-bond acceptors (Lipinski definition) is 3. The number of nitrogens with two attached hydrogens (primary N) is 1. The fraction of sp³-hybridized carbons (Fsp3) is 0.571. The molecule has 0 amide bonds. The highest BCUT2D eigenvalue weighted by atomic mass is 16.5. The molecule has 1 saturated carbocycles. The van der Waals surface area contributed by atoms with Crippen LogP contribution in [0.3, 0.4) is 0 Å². The monoisotopic (exact) mass is 234 g/mol. The van der Waals surface area contributed by atoms with Crippen molar-refractivity contribution in [2.45, 2.75) is 38.0 Å². The van der Waals surface area contributed by atoms with Crippen LogP contribution in [0.2, 0.25) is 0 Å². The number of hydrogen-bond donors (Lipinski definition) is 2. The predicted molar refractivity (Wildman–Crippen MR) is 69.9 cm³/mol. The average molecular weight is 234 g/mol. The van der Waals surface area contributed by atoms with Gasteiger partial charge in [0.25, 0.3) is 0 Å². The smallest absolute Gasteiger partial charge is 0.0601 e. The minimum absolute atomic E-state index is 0.476. The van der Waals surface area contributed by atoms with Gasteiger partial charge in [0, 0.05) is 19.7 Å². The fourth-order valence-corrected chi connectivity index (χ4v) is 2.34. The summed E-state index contributed by atoms with van der Waals surface area (Å²) in [4.78, 5) is 0. The Morgan fingerprint density at radius 1 is 1.29 bits per heavy atom. The Morgan fingerprint density at radius 3 is 2.65 bits per heavy atom. The average Bonchev–Trinajstić information content (AvgIpc) is 2.32. The summed E-state index contributed by atoms with van der Waals surface area (Å²) < 4.78 is 5.26. The summed E-state index contributed by atoms with van der Waals surface area (Å²) in [6, 6.07) is 9.06. The Bertz CT molecular complexity index is 348. The number of rotatable bonds is 6. The van der Waals surface area contributed by atoms with Crippen molar-refractivity contribution in [3.8, 4) is 0 Å². The minimum atomic E-state index is 0.476. The van der Waals surface area contributed by atoms with Gasteiger partial charge in [-0.3, -0.25) is 0 Å². The molecule has 0 radical (unpaired) electrons. The number of benzene rings is 1. The van der Waals surface area contributed by atoms with Crippen molar-refractivity contribution in [2.75, 3.05) is 13.7 Å². The summed E-state index contributed by atoms with van der Waals surface area (Å²) in [6.45, 7) is 1.66. The SMILES string of the molecule is COC1CC(NCCc2ccccc2CN)C1. The first-order chi connectivity index (χ1) is 8.33. The second kappa shape index (κ2) is 6.15. The van der Waals surface area contributed by atoms with Crippen LogP contribution in [0.5, 0.6) is 0 Å². The second-order valence-corrected chi connectivity index (χ2v) is 4.70. The van der Waals surface area contributed by atoms with Crippen molar-refractivity contribution in [1.29, 1.82) is 0 Å². The lowest BCUT2D eigenvalue weighted by molar-refractivity contribution is 0.0177. The van der Waals surface area contributed by atoms with Gasteiger partial charge in [0.15, 0.2) is 0 Å². The summed E-state index contributed by atoms with van der Waals surface area (Å²) in [5, 5.41) is 3.56. The molecule has 0 saturated heterocycles. The molecule has 0 atom stereocenters. The molecule has 1 aliphatic rings. The van der Waals surface area contributed by atoms with E-state index in [1.165, 1.54) is 11.1 Å². The van der Waals surface area contributed by atoms with E-state index in [2.05, 4.69) is 23.5 Å². The third-order valence-corrected chi connectivity index (χ3v) is 3.59. The lowest BCUT2D eigenvalue weighted by Gasteiger charge is -2.34. The van der Waals surface area contributed by atoms with E-state index >= 15 is 0 Å². The molecule has 2 rings (SSSR count). The van der Waals surface area contributed by atoms with Crippen molar-refractivity contribution in [1.82, 2.24) is 5.32 Å². The van der Waals surface area contributed by atoms with E-state index in [1.54, 1.807) is 7.11 Å².